The molecule has 11 heteroatoms. The normalized spacial score (nSPS) is 11.2. The Balaban J connectivity index is 1.57. The molecule has 4 rings (SSSR count). The minimum absolute atomic E-state index is 0.0709. The molecular weight excluding hydrogens is 658 g/mol. The highest BCUT2D eigenvalue weighted by atomic mass is 127. The van der Waals surface area contributed by atoms with Crippen LogP contribution in [0.15, 0.2) is 69.0 Å². The van der Waals surface area contributed by atoms with Crippen LogP contribution in [-0.4, -0.2) is 35.5 Å². The van der Waals surface area contributed by atoms with Gasteiger partial charge < -0.3 is 14.8 Å². The van der Waals surface area contributed by atoms with Crippen molar-refractivity contribution in [3.63, 3.8) is 0 Å². The maximum atomic E-state index is 13.8. The first kappa shape index (κ1) is 26.7. The van der Waals surface area contributed by atoms with Crippen molar-refractivity contribution in [3.8, 4) is 11.5 Å². The molecule has 0 saturated carbocycles. The summed E-state index contributed by atoms with van der Waals surface area (Å²) in [6.45, 7) is 1.56. The second-order valence-corrected chi connectivity index (χ2v) is 9.83. The average molecular weight is 679 g/mol. The highest BCUT2D eigenvalue weighted by Gasteiger charge is 2.15. The summed E-state index contributed by atoms with van der Waals surface area (Å²) in [4.78, 5) is 30.0. The average Bonchev–Trinajstić information content (AvgIpc) is 2.88. The van der Waals surface area contributed by atoms with Crippen molar-refractivity contribution >= 4 is 67.2 Å². The van der Waals surface area contributed by atoms with Crippen molar-refractivity contribution < 1.29 is 18.7 Å². The maximum Gasteiger partial charge on any atom is 0.282 e. The van der Waals surface area contributed by atoms with Gasteiger partial charge >= 0.3 is 0 Å². The number of ether oxygens (including phenoxy) is 2. The highest BCUT2D eigenvalue weighted by molar-refractivity contribution is 14.1. The molecule has 0 aliphatic heterocycles. The molecule has 37 heavy (non-hydrogen) atoms. The van der Waals surface area contributed by atoms with E-state index >= 15 is 0 Å². The first-order valence-electron chi connectivity index (χ1n) is 11.1. The van der Waals surface area contributed by atoms with Crippen molar-refractivity contribution in [2.45, 2.75) is 13.3 Å². The quantitative estimate of drug-likeness (QED) is 0.200. The molecule has 4 aromatic rings. The van der Waals surface area contributed by atoms with Crippen LogP contribution in [0.1, 0.15) is 18.3 Å². The van der Waals surface area contributed by atoms with Gasteiger partial charge in [0.05, 0.1) is 33.5 Å². The third-order valence-electron chi connectivity index (χ3n) is 5.26. The van der Waals surface area contributed by atoms with E-state index in [-0.39, 0.29) is 17.9 Å². The number of carbonyl (C=O) groups is 1. The number of carbonyl (C=O) groups excluding carboxylic acids is 1. The fraction of sp³-hybridized carbons (Fsp3) is 0.154. The molecule has 0 aliphatic carbocycles. The SMILES string of the molecule is CCc1nc2ccc(Br)cc2c(=O)n1N=Cc1cc(I)c(OCC(=O)Nc2ccccc2F)c(OC)c1. The van der Waals surface area contributed by atoms with Crippen LogP contribution < -0.4 is 20.3 Å². The monoisotopic (exact) mass is 678 g/mol. The molecule has 0 aliphatic rings. The van der Waals surface area contributed by atoms with Crippen molar-refractivity contribution in [3.05, 3.63) is 90.2 Å². The summed E-state index contributed by atoms with van der Waals surface area (Å²) >= 11 is 5.45. The first-order chi connectivity index (χ1) is 17.8. The Morgan fingerprint density at radius 2 is 2.03 bits per heavy atom. The molecule has 1 aromatic heterocycles. The lowest BCUT2D eigenvalue weighted by molar-refractivity contribution is -0.118. The Kier molecular flexibility index (Phi) is 8.54. The Hall–Kier alpha value is -3.32. The van der Waals surface area contributed by atoms with Gasteiger partial charge in [0.1, 0.15) is 11.6 Å². The molecule has 0 atom stereocenters. The fourth-order valence-electron chi connectivity index (χ4n) is 3.51. The van der Waals surface area contributed by atoms with E-state index in [9.17, 15) is 14.0 Å². The van der Waals surface area contributed by atoms with Crippen LogP contribution in [0.25, 0.3) is 10.9 Å². The van der Waals surface area contributed by atoms with Crippen molar-refractivity contribution in [2.75, 3.05) is 19.0 Å². The number of halogens is 3. The Morgan fingerprint density at radius 1 is 1.24 bits per heavy atom. The van der Waals surface area contributed by atoms with Gasteiger partial charge in [-0.2, -0.15) is 9.78 Å². The molecule has 1 heterocycles. The van der Waals surface area contributed by atoms with Crippen molar-refractivity contribution in [2.24, 2.45) is 5.10 Å². The molecule has 1 amide bonds. The lowest BCUT2D eigenvalue weighted by Crippen LogP contribution is -2.22. The van der Waals surface area contributed by atoms with Gasteiger partial charge in [0.2, 0.25) is 0 Å². The van der Waals surface area contributed by atoms with Crippen LogP contribution >= 0.6 is 38.5 Å². The number of hydrogen-bond acceptors (Lipinski definition) is 6. The molecule has 0 radical (unpaired) electrons. The van der Waals surface area contributed by atoms with E-state index in [1.54, 1.807) is 30.3 Å². The molecule has 1 N–H and O–H groups in total. The standard InChI is InChI=1S/C26H21BrFIN4O4/c1-3-23-31-20-9-8-16(27)12-17(20)26(35)33(23)30-13-15-10-19(29)25(22(11-15)36-2)37-14-24(34)32-21-7-5-4-6-18(21)28/h4-13H,3,14H2,1-2H3,(H,32,34). The third-order valence-corrected chi connectivity index (χ3v) is 6.56. The van der Waals surface area contributed by atoms with Gasteiger partial charge in [-0.3, -0.25) is 9.59 Å². The van der Waals surface area contributed by atoms with Gasteiger partial charge in [-0.05, 0) is 70.6 Å². The van der Waals surface area contributed by atoms with Crippen LogP contribution in [0.3, 0.4) is 0 Å². The number of hydrogen-bond donors (Lipinski definition) is 1. The van der Waals surface area contributed by atoms with E-state index in [0.29, 0.717) is 43.8 Å². The molecule has 8 nitrogen and oxygen atoms in total. The van der Waals surface area contributed by atoms with Crippen LogP contribution in [0, 0.1) is 9.39 Å². The van der Waals surface area contributed by atoms with Crippen molar-refractivity contribution in [1.29, 1.82) is 0 Å². The number of aromatic nitrogens is 2. The van der Waals surface area contributed by atoms with Gasteiger partial charge in [0.15, 0.2) is 18.1 Å². The number of aryl methyl sites for hydroxylation is 1. The Morgan fingerprint density at radius 3 is 2.76 bits per heavy atom. The van der Waals surface area contributed by atoms with Gasteiger partial charge in [-0.1, -0.05) is 35.0 Å². The molecule has 0 spiro atoms. The number of amides is 1. The number of benzene rings is 3. The molecule has 190 valence electrons. The Bertz CT molecular complexity index is 1570. The second kappa shape index (κ2) is 11.8. The summed E-state index contributed by atoms with van der Waals surface area (Å²) in [6, 6.07) is 14.7. The number of anilines is 1. The molecule has 0 bridgehead atoms. The zero-order valence-electron chi connectivity index (χ0n) is 19.8. The fourth-order valence-corrected chi connectivity index (χ4v) is 4.65. The molecule has 3 aromatic carbocycles. The van der Waals surface area contributed by atoms with E-state index in [1.165, 1.54) is 36.2 Å². The zero-order valence-corrected chi connectivity index (χ0v) is 23.5. The predicted octanol–water partition coefficient (Wildman–Crippen LogP) is 5.37. The van der Waals surface area contributed by atoms with Crippen LogP contribution in [0.4, 0.5) is 10.1 Å². The summed E-state index contributed by atoms with van der Waals surface area (Å²) < 4.78 is 27.6. The van der Waals surface area contributed by atoms with E-state index in [4.69, 9.17) is 9.47 Å². The number of para-hydroxylation sites is 1. The minimum Gasteiger partial charge on any atom is -0.493 e. The Labute approximate surface area is 233 Å². The van der Waals surface area contributed by atoms with E-state index in [1.807, 2.05) is 13.0 Å². The van der Waals surface area contributed by atoms with Gasteiger partial charge in [0.25, 0.3) is 11.5 Å². The molecule has 0 fully saturated rings. The zero-order chi connectivity index (χ0) is 26.5. The number of rotatable bonds is 8. The summed E-state index contributed by atoms with van der Waals surface area (Å²) in [5.41, 5.74) is 1.05. The predicted molar refractivity (Wildman–Crippen MR) is 152 cm³/mol. The van der Waals surface area contributed by atoms with E-state index in [2.05, 4.69) is 53.9 Å². The van der Waals surface area contributed by atoms with Gasteiger partial charge in [-0.15, -0.1) is 0 Å². The summed E-state index contributed by atoms with van der Waals surface area (Å²) in [5, 5.41) is 7.33. The highest BCUT2D eigenvalue weighted by Crippen LogP contribution is 2.33. The second-order valence-electron chi connectivity index (χ2n) is 7.76. The largest absolute Gasteiger partial charge is 0.493 e. The van der Waals surface area contributed by atoms with Crippen LogP contribution in [-0.2, 0) is 11.2 Å². The van der Waals surface area contributed by atoms with Crippen molar-refractivity contribution in [1.82, 2.24) is 9.66 Å². The van der Waals surface area contributed by atoms with E-state index in [0.717, 1.165) is 4.47 Å². The third kappa shape index (κ3) is 6.16. The van der Waals surface area contributed by atoms with Gasteiger partial charge in [0, 0.05) is 10.9 Å². The van der Waals surface area contributed by atoms with E-state index < -0.39 is 11.7 Å². The molecule has 0 saturated heterocycles. The lowest BCUT2D eigenvalue weighted by Gasteiger charge is -2.14. The maximum absolute atomic E-state index is 13.8. The summed E-state index contributed by atoms with van der Waals surface area (Å²) in [6.07, 6.45) is 2.05. The summed E-state index contributed by atoms with van der Waals surface area (Å²) in [7, 11) is 1.48. The number of nitrogens with one attached hydrogen (secondary N) is 1. The molecule has 0 unspecified atom stereocenters. The number of fused-ring (bicyclic) bond motifs is 1. The summed E-state index contributed by atoms with van der Waals surface area (Å²) in [5.74, 6) is 0.198. The number of nitrogens with zero attached hydrogens (tertiary/aromatic N) is 3. The lowest BCUT2D eigenvalue weighted by atomic mass is 10.2. The number of methoxy groups -OCH3 is 1. The molecular formula is C26H21BrFIN4O4. The first-order valence-corrected chi connectivity index (χ1v) is 13.0. The van der Waals surface area contributed by atoms with Crippen LogP contribution in [0.5, 0.6) is 11.5 Å². The van der Waals surface area contributed by atoms with Crippen LogP contribution in [0.2, 0.25) is 0 Å². The van der Waals surface area contributed by atoms with Gasteiger partial charge in [-0.25, -0.2) is 9.37 Å². The smallest absolute Gasteiger partial charge is 0.282 e. The topological polar surface area (TPSA) is 94.8 Å². The minimum atomic E-state index is -0.536.